The number of carbonyl (C=O) groups is 2. The Bertz CT molecular complexity index is 630. The maximum absolute atomic E-state index is 13.0. The number of esters is 1. The van der Waals surface area contributed by atoms with Gasteiger partial charge in [0.1, 0.15) is 18.5 Å². The molecule has 2 N–H and O–H groups in total. The molecule has 2 bridgehead atoms. The van der Waals surface area contributed by atoms with E-state index >= 15 is 0 Å². The first kappa shape index (κ1) is 20.5. The van der Waals surface area contributed by atoms with Gasteiger partial charge in [-0.15, -0.1) is 6.58 Å². The lowest BCUT2D eigenvalue weighted by Crippen LogP contribution is -2.55. The molecule has 0 saturated heterocycles. The quantitative estimate of drug-likeness (QED) is 0.583. The summed E-state index contributed by atoms with van der Waals surface area (Å²) in [6.07, 6.45) is 3.31. The van der Waals surface area contributed by atoms with Crippen molar-refractivity contribution in [2.45, 2.75) is 65.6 Å². The van der Waals surface area contributed by atoms with Gasteiger partial charge in [0.15, 0.2) is 0 Å². The molecule has 27 heavy (non-hydrogen) atoms. The summed E-state index contributed by atoms with van der Waals surface area (Å²) < 4.78 is 5.77. The van der Waals surface area contributed by atoms with Gasteiger partial charge in [0.25, 0.3) is 0 Å². The van der Waals surface area contributed by atoms with Crippen molar-refractivity contribution in [2.24, 2.45) is 40.4 Å². The van der Waals surface area contributed by atoms with Gasteiger partial charge < -0.3 is 14.9 Å². The Morgan fingerprint density at radius 1 is 1.33 bits per heavy atom. The highest BCUT2D eigenvalue weighted by Crippen LogP contribution is 2.62. The molecule has 4 saturated carbocycles. The topological polar surface area (TPSA) is 83.8 Å². The van der Waals surface area contributed by atoms with Crippen molar-refractivity contribution in [3.63, 3.8) is 0 Å². The highest BCUT2D eigenvalue weighted by molar-refractivity contribution is 5.84. The van der Waals surface area contributed by atoms with Crippen LogP contribution in [0.4, 0.5) is 0 Å². The molecular weight excluding hydrogens is 344 g/mol. The molecule has 0 aromatic heterocycles. The molecule has 5 unspecified atom stereocenters. The average Bonchev–Trinajstić information content (AvgIpc) is 3.04. The van der Waals surface area contributed by atoms with E-state index in [1.807, 2.05) is 6.92 Å². The van der Waals surface area contributed by atoms with E-state index in [9.17, 15) is 19.8 Å². The Kier molecular flexibility index (Phi) is 5.32. The summed E-state index contributed by atoms with van der Waals surface area (Å²) in [7, 11) is 0. The standard InChI is InChI=1S/C22H34O5/c1-6-21(4)10-17(27-18(25)11-23)22(5)12(2)9-15(13(3)20(21)26)14-7-8-16(24)19(14)22/h6,12-15,17,19-20,23,26H,1,7-11H2,2-5H3/t12?,13-,14?,15?,17-,19?,20?,21-,22-/m1/s1. The van der Waals surface area contributed by atoms with Crippen LogP contribution in [0.25, 0.3) is 0 Å². The maximum Gasteiger partial charge on any atom is 0.332 e. The van der Waals surface area contributed by atoms with Gasteiger partial charge in [-0.25, -0.2) is 4.79 Å². The third-order valence-electron chi connectivity index (χ3n) is 8.44. The van der Waals surface area contributed by atoms with E-state index in [1.54, 1.807) is 6.08 Å². The summed E-state index contributed by atoms with van der Waals surface area (Å²) in [5, 5.41) is 20.5. The molecule has 0 amide bonds. The predicted octanol–water partition coefficient (Wildman–Crippen LogP) is 2.74. The molecule has 9 atom stereocenters. The summed E-state index contributed by atoms with van der Waals surface area (Å²) >= 11 is 0. The van der Waals surface area contributed by atoms with Gasteiger partial charge in [-0.3, -0.25) is 4.79 Å². The molecule has 4 aliphatic rings. The van der Waals surface area contributed by atoms with Gasteiger partial charge in [0.2, 0.25) is 0 Å². The maximum atomic E-state index is 13.0. The van der Waals surface area contributed by atoms with E-state index in [4.69, 9.17) is 4.74 Å². The molecule has 5 nitrogen and oxygen atoms in total. The minimum Gasteiger partial charge on any atom is -0.460 e. The first-order chi connectivity index (χ1) is 12.6. The Morgan fingerprint density at radius 3 is 2.59 bits per heavy atom. The lowest BCUT2D eigenvalue weighted by Gasteiger charge is -2.53. The van der Waals surface area contributed by atoms with Gasteiger partial charge >= 0.3 is 5.97 Å². The van der Waals surface area contributed by atoms with E-state index < -0.39 is 35.6 Å². The molecule has 0 aromatic rings. The Morgan fingerprint density at radius 2 is 2.00 bits per heavy atom. The van der Waals surface area contributed by atoms with E-state index in [-0.39, 0.29) is 35.4 Å². The lowest BCUT2D eigenvalue weighted by molar-refractivity contribution is -0.177. The van der Waals surface area contributed by atoms with Crippen LogP contribution < -0.4 is 0 Å². The fourth-order valence-electron chi connectivity index (χ4n) is 6.55. The molecule has 4 fully saturated rings. The molecular formula is C22H34O5. The van der Waals surface area contributed by atoms with Gasteiger partial charge in [0.05, 0.1) is 6.10 Å². The predicted molar refractivity (Wildman–Crippen MR) is 102 cm³/mol. The summed E-state index contributed by atoms with van der Waals surface area (Å²) in [5.74, 6) is 0.107. The number of aliphatic hydroxyl groups excluding tert-OH is 2. The first-order valence-corrected chi connectivity index (χ1v) is 10.2. The third-order valence-corrected chi connectivity index (χ3v) is 8.44. The van der Waals surface area contributed by atoms with Crippen molar-refractivity contribution < 1.29 is 24.5 Å². The van der Waals surface area contributed by atoms with Crippen molar-refractivity contribution in [3.05, 3.63) is 12.7 Å². The van der Waals surface area contributed by atoms with Gasteiger partial charge in [0, 0.05) is 23.2 Å². The van der Waals surface area contributed by atoms with E-state index in [1.165, 1.54) is 0 Å². The number of hydrogen-bond acceptors (Lipinski definition) is 5. The molecule has 0 spiro atoms. The van der Waals surface area contributed by atoms with Crippen LogP contribution in [0.3, 0.4) is 0 Å². The fraction of sp³-hybridized carbons (Fsp3) is 0.818. The van der Waals surface area contributed by atoms with Crippen molar-refractivity contribution in [1.29, 1.82) is 0 Å². The third kappa shape index (κ3) is 2.98. The zero-order valence-electron chi connectivity index (χ0n) is 17.0. The number of ether oxygens (including phenoxy) is 1. The van der Waals surface area contributed by atoms with Crippen LogP contribution in [-0.2, 0) is 14.3 Å². The van der Waals surface area contributed by atoms with Crippen LogP contribution in [0.5, 0.6) is 0 Å². The van der Waals surface area contributed by atoms with Crippen molar-refractivity contribution in [1.82, 2.24) is 0 Å². The monoisotopic (exact) mass is 378 g/mol. The highest BCUT2D eigenvalue weighted by Gasteiger charge is 2.63. The van der Waals surface area contributed by atoms with Gasteiger partial charge in [-0.1, -0.05) is 33.8 Å². The Balaban J connectivity index is 2.17. The van der Waals surface area contributed by atoms with Crippen LogP contribution in [0.2, 0.25) is 0 Å². The molecule has 152 valence electrons. The molecule has 0 aromatic carbocycles. The largest absolute Gasteiger partial charge is 0.460 e. The number of hydrogen-bond donors (Lipinski definition) is 2. The van der Waals surface area contributed by atoms with Crippen LogP contribution >= 0.6 is 0 Å². The van der Waals surface area contributed by atoms with Crippen LogP contribution in [0, 0.1) is 40.4 Å². The van der Waals surface area contributed by atoms with Gasteiger partial charge in [-0.2, -0.15) is 0 Å². The Hall–Kier alpha value is -1.20. The van der Waals surface area contributed by atoms with E-state index in [0.29, 0.717) is 12.8 Å². The number of fused-ring (bicyclic) bond motifs is 5. The summed E-state index contributed by atoms with van der Waals surface area (Å²) in [6, 6.07) is 0. The molecule has 0 heterocycles. The smallest absolute Gasteiger partial charge is 0.332 e. The number of ketones is 1. The van der Waals surface area contributed by atoms with Crippen molar-refractivity contribution >= 4 is 11.8 Å². The SMILES string of the molecule is C=C[C@]1(C)C[C@@H](OC(=O)CO)[C@@]2(C)C(C)CC(C3CCC(=O)C32)[C@@H](C)C1O. The second-order valence-corrected chi connectivity index (χ2v) is 9.67. The molecule has 0 aliphatic heterocycles. The van der Waals surface area contributed by atoms with E-state index in [0.717, 1.165) is 12.8 Å². The second kappa shape index (κ2) is 7.00. The average molecular weight is 379 g/mol. The van der Waals surface area contributed by atoms with Crippen LogP contribution in [0.1, 0.15) is 53.4 Å². The number of carbonyl (C=O) groups excluding carboxylic acids is 2. The number of rotatable bonds is 3. The zero-order valence-corrected chi connectivity index (χ0v) is 17.0. The van der Waals surface area contributed by atoms with E-state index in [2.05, 4.69) is 27.4 Å². The van der Waals surface area contributed by atoms with Crippen molar-refractivity contribution in [3.8, 4) is 0 Å². The summed E-state index contributed by atoms with van der Waals surface area (Å²) in [4.78, 5) is 25.0. The zero-order chi connectivity index (χ0) is 20.1. The summed E-state index contributed by atoms with van der Waals surface area (Å²) in [5.41, 5.74) is -1.14. The van der Waals surface area contributed by atoms with Crippen LogP contribution in [0.15, 0.2) is 12.7 Å². The Labute approximate surface area is 162 Å². The minimum atomic E-state index is -0.685. The lowest BCUT2D eigenvalue weighted by atomic mass is 9.52. The normalized spacial score (nSPS) is 49.7. The van der Waals surface area contributed by atoms with Crippen LogP contribution in [-0.4, -0.2) is 40.8 Å². The number of Topliss-reactive ketones (excluding diaryl/α,β-unsaturated/α-hetero) is 1. The molecule has 5 heteroatoms. The second-order valence-electron chi connectivity index (χ2n) is 9.67. The molecule has 4 aliphatic carbocycles. The molecule has 4 rings (SSSR count). The number of aliphatic hydroxyl groups is 2. The van der Waals surface area contributed by atoms with Crippen molar-refractivity contribution in [2.75, 3.05) is 6.61 Å². The first-order valence-electron chi connectivity index (χ1n) is 10.2. The summed E-state index contributed by atoms with van der Waals surface area (Å²) in [6.45, 7) is 11.5. The molecule has 0 radical (unpaired) electrons. The highest BCUT2D eigenvalue weighted by atomic mass is 16.6. The fourth-order valence-corrected chi connectivity index (χ4v) is 6.55. The van der Waals surface area contributed by atoms with Gasteiger partial charge in [-0.05, 0) is 42.9 Å². The minimum absolute atomic E-state index is 0.0330.